The highest BCUT2D eigenvalue weighted by atomic mass is 16.3. The minimum absolute atomic E-state index is 0.121. The summed E-state index contributed by atoms with van der Waals surface area (Å²) in [7, 11) is 1.87. The van der Waals surface area contributed by atoms with Gasteiger partial charge >= 0.3 is 0 Å². The Balaban J connectivity index is 1.83. The summed E-state index contributed by atoms with van der Waals surface area (Å²) in [6.45, 7) is 2.20. The molecule has 0 bridgehead atoms. The summed E-state index contributed by atoms with van der Waals surface area (Å²) in [5.41, 5.74) is 1.48. The Kier molecular flexibility index (Phi) is 4.00. The fraction of sp³-hybridized carbons (Fsp3) is 0.389. The van der Waals surface area contributed by atoms with Crippen molar-refractivity contribution in [2.24, 2.45) is 7.05 Å². The van der Waals surface area contributed by atoms with Gasteiger partial charge in [0.15, 0.2) is 0 Å². The third kappa shape index (κ3) is 2.90. The number of aliphatic hydroxyl groups excluding tert-OH is 1. The molecule has 1 fully saturated rings. The number of nitrogens with zero attached hydrogens (tertiary/aromatic N) is 2. The number of hydrogen-bond acceptors (Lipinski definition) is 3. The number of likely N-dealkylation sites (tertiary alicyclic amines) is 1. The summed E-state index contributed by atoms with van der Waals surface area (Å²) < 4.78 is 1.87. The van der Waals surface area contributed by atoms with Gasteiger partial charge in [0.05, 0.1) is 11.7 Å². The Bertz CT molecular complexity index is 706. The predicted molar refractivity (Wildman–Crippen MR) is 88.0 cm³/mol. The van der Waals surface area contributed by atoms with E-state index in [-0.39, 0.29) is 12.5 Å². The molecule has 2 heterocycles. The van der Waals surface area contributed by atoms with Crippen molar-refractivity contribution in [2.75, 3.05) is 13.1 Å². The quantitative estimate of drug-likeness (QED) is 0.886. The third-order valence-electron chi connectivity index (χ3n) is 4.70. The lowest BCUT2D eigenvalue weighted by Crippen LogP contribution is -2.55. The average molecular weight is 314 g/mol. The van der Waals surface area contributed by atoms with Crippen molar-refractivity contribution in [2.45, 2.75) is 25.0 Å². The van der Waals surface area contributed by atoms with Crippen LogP contribution in [0.1, 0.15) is 23.8 Å². The van der Waals surface area contributed by atoms with E-state index in [1.165, 1.54) is 0 Å². The number of rotatable bonds is 2. The van der Waals surface area contributed by atoms with Crippen molar-refractivity contribution < 1.29 is 15.0 Å². The number of aromatic nitrogens is 1. The fourth-order valence-electron chi connectivity index (χ4n) is 3.00. The molecule has 5 heteroatoms. The van der Waals surface area contributed by atoms with Crippen molar-refractivity contribution in [1.29, 1.82) is 0 Å². The van der Waals surface area contributed by atoms with Crippen LogP contribution in [-0.2, 0) is 7.05 Å². The number of aliphatic hydroxyl groups is 2. The number of hydrogen-bond donors (Lipinski definition) is 2. The summed E-state index contributed by atoms with van der Waals surface area (Å²) in [6.07, 6.45) is -0.551. The molecule has 1 aromatic heterocycles. The molecule has 1 aromatic carbocycles. The van der Waals surface area contributed by atoms with Crippen LogP contribution >= 0.6 is 0 Å². The first-order chi connectivity index (χ1) is 10.9. The molecule has 0 unspecified atom stereocenters. The maximum Gasteiger partial charge on any atom is 0.270 e. The van der Waals surface area contributed by atoms with Crippen molar-refractivity contribution >= 4 is 5.91 Å². The Morgan fingerprint density at radius 1 is 1.22 bits per heavy atom. The first-order valence-electron chi connectivity index (χ1n) is 7.81. The third-order valence-corrected chi connectivity index (χ3v) is 4.70. The molecule has 3 rings (SSSR count). The van der Waals surface area contributed by atoms with Gasteiger partial charge < -0.3 is 19.7 Å². The molecule has 2 aromatic rings. The van der Waals surface area contributed by atoms with Gasteiger partial charge in [0.1, 0.15) is 5.69 Å². The molecule has 5 nitrogen and oxygen atoms in total. The number of amides is 1. The van der Waals surface area contributed by atoms with Crippen LogP contribution in [0.15, 0.2) is 42.5 Å². The minimum Gasteiger partial charge on any atom is -0.388 e. The van der Waals surface area contributed by atoms with E-state index < -0.39 is 11.7 Å². The number of carbonyl (C=O) groups is 1. The highest BCUT2D eigenvalue weighted by Crippen LogP contribution is 2.25. The monoisotopic (exact) mass is 314 g/mol. The van der Waals surface area contributed by atoms with E-state index in [2.05, 4.69) is 0 Å². The van der Waals surface area contributed by atoms with Crippen LogP contribution in [0.4, 0.5) is 0 Å². The summed E-state index contributed by atoms with van der Waals surface area (Å²) in [4.78, 5) is 14.3. The Morgan fingerprint density at radius 3 is 2.57 bits per heavy atom. The Morgan fingerprint density at radius 2 is 1.91 bits per heavy atom. The standard InChI is InChI=1S/C18H22N2O3/c1-18(23)10-11-20(12-16(18)21)17(22)15-9-8-14(19(15)2)13-6-4-3-5-7-13/h3-9,16,21,23H,10-12H2,1-2H3/t16-,18-/m1/s1. The van der Waals surface area contributed by atoms with Gasteiger partial charge in [-0.25, -0.2) is 0 Å². The molecular weight excluding hydrogens is 292 g/mol. The van der Waals surface area contributed by atoms with Crippen LogP contribution in [-0.4, -0.2) is 50.4 Å². The van der Waals surface area contributed by atoms with E-state index in [1.807, 2.05) is 54.1 Å². The smallest absolute Gasteiger partial charge is 0.270 e. The Hall–Kier alpha value is -2.11. The number of β-amino-alcohol motifs (C(OH)–C–C–N with tert-alkyl or cyclic N) is 1. The molecule has 1 aliphatic rings. The largest absolute Gasteiger partial charge is 0.388 e. The second-order valence-electron chi connectivity index (χ2n) is 6.40. The van der Waals surface area contributed by atoms with Gasteiger partial charge in [-0.2, -0.15) is 0 Å². The maximum absolute atomic E-state index is 12.7. The highest BCUT2D eigenvalue weighted by Gasteiger charge is 2.38. The lowest BCUT2D eigenvalue weighted by atomic mass is 9.90. The van der Waals surface area contributed by atoms with Crippen molar-refractivity contribution in [1.82, 2.24) is 9.47 Å². The molecule has 1 amide bonds. The molecule has 1 aliphatic heterocycles. The topological polar surface area (TPSA) is 65.7 Å². The van der Waals surface area contributed by atoms with Crippen molar-refractivity contribution in [3.63, 3.8) is 0 Å². The van der Waals surface area contributed by atoms with E-state index >= 15 is 0 Å². The van der Waals surface area contributed by atoms with Crippen LogP contribution in [0.25, 0.3) is 11.3 Å². The van der Waals surface area contributed by atoms with Gasteiger partial charge in [0.2, 0.25) is 0 Å². The molecule has 122 valence electrons. The second kappa shape index (κ2) is 5.83. The summed E-state index contributed by atoms with van der Waals surface area (Å²) >= 11 is 0. The fourth-order valence-corrected chi connectivity index (χ4v) is 3.00. The van der Waals surface area contributed by atoms with E-state index in [0.29, 0.717) is 18.7 Å². The Labute approximate surface area is 135 Å². The number of carbonyl (C=O) groups excluding carboxylic acids is 1. The lowest BCUT2D eigenvalue weighted by Gasteiger charge is -2.39. The zero-order valence-electron chi connectivity index (χ0n) is 13.4. The first kappa shape index (κ1) is 15.8. The zero-order valence-corrected chi connectivity index (χ0v) is 13.4. The highest BCUT2D eigenvalue weighted by molar-refractivity contribution is 5.94. The molecule has 2 atom stereocenters. The first-order valence-corrected chi connectivity index (χ1v) is 7.81. The maximum atomic E-state index is 12.7. The molecular formula is C18H22N2O3. The molecule has 1 saturated heterocycles. The van der Waals surface area contributed by atoms with E-state index in [1.54, 1.807) is 11.8 Å². The summed E-state index contributed by atoms with van der Waals surface area (Å²) in [5.74, 6) is -0.121. The average Bonchev–Trinajstić information content (AvgIpc) is 2.92. The molecule has 23 heavy (non-hydrogen) atoms. The van der Waals surface area contributed by atoms with Crippen LogP contribution < -0.4 is 0 Å². The SMILES string of the molecule is Cn1c(C(=O)N2CC[C@@](C)(O)[C@H](O)C2)ccc1-c1ccccc1. The van der Waals surface area contributed by atoms with Gasteiger partial charge in [-0.3, -0.25) is 4.79 Å². The second-order valence-corrected chi connectivity index (χ2v) is 6.40. The van der Waals surface area contributed by atoms with Crippen LogP contribution in [0.3, 0.4) is 0 Å². The normalized spacial score (nSPS) is 24.7. The van der Waals surface area contributed by atoms with Gasteiger partial charge in [0, 0.05) is 25.8 Å². The lowest BCUT2D eigenvalue weighted by molar-refractivity contribution is -0.1000. The van der Waals surface area contributed by atoms with Crippen molar-refractivity contribution in [3.8, 4) is 11.3 Å². The molecule has 0 spiro atoms. The van der Waals surface area contributed by atoms with E-state index in [4.69, 9.17) is 0 Å². The minimum atomic E-state index is -1.12. The van der Waals surface area contributed by atoms with Gasteiger partial charge in [-0.05, 0) is 31.0 Å². The molecule has 0 aliphatic carbocycles. The van der Waals surface area contributed by atoms with E-state index in [0.717, 1.165) is 11.3 Å². The summed E-state index contributed by atoms with van der Waals surface area (Å²) in [6, 6.07) is 13.6. The zero-order chi connectivity index (χ0) is 16.6. The molecule has 2 N–H and O–H groups in total. The van der Waals surface area contributed by atoms with Crippen LogP contribution in [0.5, 0.6) is 0 Å². The van der Waals surface area contributed by atoms with Crippen LogP contribution in [0.2, 0.25) is 0 Å². The summed E-state index contributed by atoms with van der Waals surface area (Å²) in [5, 5.41) is 20.0. The van der Waals surface area contributed by atoms with Crippen molar-refractivity contribution in [3.05, 3.63) is 48.2 Å². The van der Waals surface area contributed by atoms with Gasteiger partial charge in [-0.1, -0.05) is 30.3 Å². The molecule has 0 saturated carbocycles. The van der Waals surface area contributed by atoms with Crippen LogP contribution in [0, 0.1) is 0 Å². The van der Waals surface area contributed by atoms with E-state index in [9.17, 15) is 15.0 Å². The predicted octanol–water partition coefficient (Wildman–Crippen LogP) is 1.65. The van der Waals surface area contributed by atoms with Gasteiger partial charge in [-0.15, -0.1) is 0 Å². The molecule has 0 radical (unpaired) electrons. The van der Waals surface area contributed by atoms with Gasteiger partial charge in [0.25, 0.3) is 5.91 Å². The number of benzene rings is 1. The number of piperidine rings is 1.